The van der Waals surface area contributed by atoms with E-state index in [1.807, 2.05) is 4.90 Å². The van der Waals surface area contributed by atoms with Crippen LogP contribution in [0.4, 0.5) is 29.9 Å². The van der Waals surface area contributed by atoms with Crippen molar-refractivity contribution in [3.8, 4) is 17.1 Å². The first-order valence-corrected chi connectivity index (χ1v) is 11.6. The third-order valence-electron chi connectivity index (χ3n) is 5.66. The van der Waals surface area contributed by atoms with Gasteiger partial charge in [0.25, 0.3) is 0 Å². The number of piperidine rings is 1. The summed E-state index contributed by atoms with van der Waals surface area (Å²) < 4.78 is 57.9. The summed E-state index contributed by atoms with van der Waals surface area (Å²) >= 11 is 0. The van der Waals surface area contributed by atoms with E-state index in [1.54, 1.807) is 18.7 Å². The minimum atomic E-state index is -4.77. The van der Waals surface area contributed by atoms with Crippen LogP contribution in [0, 0.1) is 0 Å². The van der Waals surface area contributed by atoms with Gasteiger partial charge in [-0.05, 0) is 13.8 Å². The fourth-order valence-electron chi connectivity index (χ4n) is 3.92. The molecule has 0 bridgehead atoms. The molecule has 11 nitrogen and oxygen atoms in total. The molecule has 0 radical (unpaired) electrons. The summed E-state index contributed by atoms with van der Waals surface area (Å²) in [4.78, 5) is 31.6. The predicted molar refractivity (Wildman–Crippen MR) is 122 cm³/mol. The Kier molecular flexibility index (Phi) is 7.62. The lowest BCUT2D eigenvalue weighted by atomic mass is 10.1. The van der Waals surface area contributed by atoms with Gasteiger partial charge in [-0.2, -0.15) is 18.2 Å². The maximum atomic E-state index is 13.7. The van der Waals surface area contributed by atoms with Gasteiger partial charge in [-0.25, -0.2) is 19.7 Å². The quantitative estimate of drug-likeness (QED) is 0.640. The number of amides is 1. The van der Waals surface area contributed by atoms with Crippen LogP contribution < -0.4 is 15.4 Å². The highest BCUT2D eigenvalue weighted by atomic mass is 19.4. The molecule has 4 heterocycles. The maximum absolute atomic E-state index is 13.7. The Morgan fingerprint density at radius 2 is 1.83 bits per heavy atom. The molecule has 4 rings (SSSR count). The van der Waals surface area contributed by atoms with Gasteiger partial charge < -0.3 is 29.7 Å². The highest BCUT2D eigenvalue weighted by molar-refractivity contribution is 5.68. The lowest BCUT2D eigenvalue weighted by Crippen LogP contribution is -2.42. The van der Waals surface area contributed by atoms with E-state index in [4.69, 9.17) is 19.9 Å². The monoisotopic (exact) mass is 511 g/mol. The third kappa shape index (κ3) is 6.22. The number of hydrogen-bond acceptors (Lipinski definition) is 10. The Bertz CT molecular complexity index is 1070. The average molecular weight is 512 g/mol. The second-order valence-electron chi connectivity index (χ2n) is 8.72. The van der Waals surface area contributed by atoms with E-state index < -0.39 is 17.8 Å². The fraction of sp³-hybridized carbons (Fsp3) is 0.591. The van der Waals surface area contributed by atoms with Crippen molar-refractivity contribution in [2.45, 2.75) is 45.1 Å². The second-order valence-corrected chi connectivity index (χ2v) is 8.72. The first-order valence-electron chi connectivity index (χ1n) is 11.6. The van der Waals surface area contributed by atoms with E-state index in [0.29, 0.717) is 52.2 Å². The molecule has 2 aliphatic rings. The molecule has 2 saturated heterocycles. The zero-order valence-electron chi connectivity index (χ0n) is 20.0. The van der Waals surface area contributed by atoms with E-state index in [2.05, 4.69) is 19.9 Å². The number of hydrogen-bond donors (Lipinski definition) is 1. The summed E-state index contributed by atoms with van der Waals surface area (Å²) in [6.07, 6.45) is -3.64. The fourth-order valence-corrected chi connectivity index (χ4v) is 3.92. The number of anilines is 2. The zero-order chi connectivity index (χ0) is 25.9. The Morgan fingerprint density at radius 3 is 2.47 bits per heavy atom. The van der Waals surface area contributed by atoms with Gasteiger partial charge in [0, 0.05) is 56.8 Å². The number of aromatic nitrogens is 4. The van der Waals surface area contributed by atoms with E-state index in [9.17, 15) is 18.0 Å². The van der Waals surface area contributed by atoms with Crippen LogP contribution in [0.15, 0.2) is 12.3 Å². The molecular weight excluding hydrogens is 483 g/mol. The topological polar surface area (TPSA) is 129 Å². The molecule has 0 aliphatic carbocycles. The van der Waals surface area contributed by atoms with Crippen molar-refractivity contribution in [1.29, 1.82) is 0 Å². The van der Waals surface area contributed by atoms with Crippen LogP contribution in [0.5, 0.6) is 5.88 Å². The number of carbonyl (C=O) groups is 1. The van der Waals surface area contributed by atoms with Crippen LogP contribution in [0.25, 0.3) is 11.3 Å². The molecular formula is C22H28F3N7O4. The summed E-state index contributed by atoms with van der Waals surface area (Å²) in [6.45, 7) is 6.24. The normalized spacial score (nSPS) is 17.4. The van der Waals surface area contributed by atoms with Crippen molar-refractivity contribution in [3.05, 3.63) is 18.0 Å². The lowest BCUT2D eigenvalue weighted by molar-refractivity contribution is -0.140. The molecule has 0 atom stereocenters. The van der Waals surface area contributed by atoms with Crippen molar-refractivity contribution in [3.63, 3.8) is 0 Å². The van der Waals surface area contributed by atoms with Gasteiger partial charge in [0.15, 0.2) is 5.69 Å². The van der Waals surface area contributed by atoms with Crippen LogP contribution in [-0.2, 0) is 15.7 Å². The summed E-state index contributed by atoms with van der Waals surface area (Å²) in [7, 11) is 0. The van der Waals surface area contributed by atoms with Crippen LogP contribution in [-0.4, -0.2) is 82.5 Å². The highest BCUT2D eigenvalue weighted by Gasteiger charge is 2.37. The zero-order valence-corrected chi connectivity index (χ0v) is 20.0. The van der Waals surface area contributed by atoms with Gasteiger partial charge >= 0.3 is 12.3 Å². The SMILES string of the molecule is CC(C)OC(=O)N1CCC(Oc2cc(-c3cnc(N)nc3C(F)(F)F)nc(N3CCOCC3)n2)CC1. The number of ether oxygens (including phenoxy) is 3. The molecule has 1 amide bonds. The molecule has 2 N–H and O–H groups in total. The minimum absolute atomic E-state index is 0.0354. The van der Waals surface area contributed by atoms with Crippen LogP contribution >= 0.6 is 0 Å². The number of carbonyl (C=O) groups excluding carboxylic acids is 1. The number of morpholine rings is 1. The van der Waals surface area contributed by atoms with E-state index in [0.717, 1.165) is 6.20 Å². The van der Waals surface area contributed by atoms with Gasteiger partial charge in [-0.1, -0.05) is 0 Å². The van der Waals surface area contributed by atoms with E-state index >= 15 is 0 Å². The standard InChI is InChI=1S/C22H28F3N7O4/c1-13(2)35-21(33)32-5-3-14(4-6-32)36-17-11-16(28-20(29-17)31-7-9-34-10-8-31)15-12-27-19(26)30-18(15)22(23,24)25/h11-14H,3-10H2,1-2H3,(H2,26,27,30). The van der Waals surface area contributed by atoms with Crippen LogP contribution in [0.1, 0.15) is 32.4 Å². The van der Waals surface area contributed by atoms with Gasteiger partial charge in [0.05, 0.1) is 25.0 Å². The van der Waals surface area contributed by atoms with Crippen molar-refractivity contribution in [1.82, 2.24) is 24.8 Å². The number of nitrogens with zero attached hydrogens (tertiary/aromatic N) is 6. The number of likely N-dealkylation sites (tertiary alicyclic amines) is 1. The largest absolute Gasteiger partial charge is 0.474 e. The van der Waals surface area contributed by atoms with Crippen molar-refractivity contribution < 1.29 is 32.2 Å². The van der Waals surface area contributed by atoms with E-state index in [1.165, 1.54) is 6.07 Å². The molecule has 196 valence electrons. The number of nitrogen functional groups attached to an aromatic ring is 1. The Morgan fingerprint density at radius 1 is 1.14 bits per heavy atom. The average Bonchev–Trinajstić information content (AvgIpc) is 2.84. The summed E-state index contributed by atoms with van der Waals surface area (Å²) in [5.74, 6) is -0.156. The summed E-state index contributed by atoms with van der Waals surface area (Å²) in [5.41, 5.74) is 3.87. The van der Waals surface area contributed by atoms with Gasteiger partial charge in [0.2, 0.25) is 17.8 Å². The number of alkyl halides is 3. The Labute approximate surface area is 205 Å². The van der Waals surface area contributed by atoms with E-state index in [-0.39, 0.29) is 41.4 Å². The molecule has 0 aromatic carbocycles. The second kappa shape index (κ2) is 10.7. The molecule has 2 aromatic rings. The lowest BCUT2D eigenvalue weighted by Gasteiger charge is -2.32. The summed E-state index contributed by atoms with van der Waals surface area (Å²) in [6, 6.07) is 1.34. The molecule has 2 aliphatic heterocycles. The van der Waals surface area contributed by atoms with Crippen LogP contribution in [0.2, 0.25) is 0 Å². The molecule has 0 saturated carbocycles. The molecule has 0 unspecified atom stereocenters. The third-order valence-corrected chi connectivity index (χ3v) is 5.66. The number of halogens is 3. The maximum Gasteiger partial charge on any atom is 0.434 e. The van der Waals surface area contributed by atoms with Crippen LogP contribution in [0.3, 0.4) is 0 Å². The van der Waals surface area contributed by atoms with Gasteiger partial charge in [0.1, 0.15) is 6.10 Å². The Hall–Kier alpha value is -3.42. The smallest absolute Gasteiger partial charge is 0.434 e. The Balaban J connectivity index is 1.60. The first kappa shape index (κ1) is 25.7. The summed E-state index contributed by atoms with van der Waals surface area (Å²) in [5, 5.41) is 0. The predicted octanol–water partition coefficient (Wildman–Crippen LogP) is 2.76. The molecule has 0 spiro atoms. The highest BCUT2D eigenvalue weighted by Crippen LogP contribution is 2.36. The number of nitrogens with two attached hydrogens (primary N) is 1. The van der Waals surface area contributed by atoms with Gasteiger partial charge in [-0.15, -0.1) is 0 Å². The van der Waals surface area contributed by atoms with Crippen molar-refractivity contribution in [2.24, 2.45) is 0 Å². The first-order chi connectivity index (χ1) is 17.1. The molecule has 2 aromatic heterocycles. The molecule has 36 heavy (non-hydrogen) atoms. The van der Waals surface area contributed by atoms with Crippen molar-refractivity contribution in [2.75, 3.05) is 50.0 Å². The number of rotatable bonds is 5. The van der Waals surface area contributed by atoms with Gasteiger partial charge in [-0.3, -0.25) is 0 Å². The van der Waals surface area contributed by atoms with Crippen molar-refractivity contribution >= 4 is 18.0 Å². The molecule has 2 fully saturated rings. The molecule has 14 heteroatoms. The minimum Gasteiger partial charge on any atom is -0.474 e.